The Kier molecular flexibility index (Phi) is 7.45. The molecule has 0 fully saturated rings. The first-order valence-corrected chi connectivity index (χ1v) is 16.7. The quantitative estimate of drug-likeness (QED) is 0.174. The van der Waals surface area contributed by atoms with E-state index in [0.717, 1.165) is 67.1 Å². The predicted octanol–water partition coefficient (Wildman–Crippen LogP) is 12.5. The molecule has 0 amide bonds. The van der Waals surface area contributed by atoms with Crippen molar-refractivity contribution in [3.63, 3.8) is 0 Å². The summed E-state index contributed by atoms with van der Waals surface area (Å²) >= 11 is 0. The molecule has 0 unspecified atom stereocenters. The van der Waals surface area contributed by atoms with Crippen molar-refractivity contribution >= 4 is 39.0 Å². The van der Waals surface area contributed by atoms with Crippen LogP contribution in [0.25, 0.3) is 67.0 Å². The van der Waals surface area contributed by atoms with Crippen LogP contribution in [0.2, 0.25) is 0 Å². The summed E-state index contributed by atoms with van der Waals surface area (Å²) in [5.41, 5.74) is 11.8. The highest BCUT2D eigenvalue weighted by molar-refractivity contribution is 6.11. The number of hydrogen-bond donors (Lipinski definition) is 0. The number of rotatable bonds is 7. The minimum absolute atomic E-state index is 0.686. The van der Waals surface area contributed by atoms with Gasteiger partial charge in [-0.1, -0.05) is 140 Å². The largest absolute Gasteiger partial charge is 0.454 e. The lowest BCUT2D eigenvalue weighted by atomic mass is 10.0. The minimum Gasteiger partial charge on any atom is -0.454 e. The summed E-state index contributed by atoms with van der Waals surface area (Å²) in [4.78, 5) is 12.3. The molecule has 4 heteroatoms. The Morgan fingerprint density at radius 2 is 0.920 bits per heavy atom. The molecule has 50 heavy (non-hydrogen) atoms. The van der Waals surface area contributed by atoms with Gasteiger partial charge in [0, 0.05) is 38.8 Å². The highest BCUT2D eigenvalue weighted by atomic mass is 16.3. The zero-order chi connectivity index (χ0) is 33.3. The van der Waals surface area contributed by atoms with Crippen molar-refractivity contribution in [1.82, 2.24) is 9.97 Å². The summed E-state index contributed by atoms with van der Waals surface area (Å²) < 4.78 is 6.81. The average molecular weight is 642 g/mol. The third-order valence-corrected chi connectivity index (χ3v) is 9.09. The molecule has 0 saturated heterocycles. The van der Waals surface area contributed by atoms with E-state index in [0.29, 0.717) is 5.82 Å². The lowest BCUT2D eigenvalue weighted by Crippen LogP contribution is -2.10. The normalized spacial score (nSPS) is 11.2. The zero-order valence-electron chi connectivity index (χ0n) is 27.1. The zero-order valence-corrected chi connectivity index (χ0v) is 27.1. The summed E-state index contributed by atoms with van der Waals surface area (Å²) in [5, 5.41) is 2.11. The number of benzene rings is 7. The van der Waals surface area contributed by atoms with Crippen LogP contribution in [0.15, 0.2) is 192 Å². The smallest absolute Gasteiger partial charge is 0.160 e. The van der Waals surface area contributed by atoms with E-state index in [1.54, 1.807) is 0 Å². The van der Waals surface area contributed by atoms with Crippen molar-refractivity contribution < 1.29 is 4.42 Å². The lowest BCUT2D eigenvalue weighted by molar-refractivity contribution is 0.669. The van der Waals surface area contributed by atoms with Gasteiger partial charge in [0.15, 0.2) is 11.4 Å². The number of furan rings is 1. The Bertz CT molecular complexity index is 2510. The van der Waals surface area contributed by atoms with Crippen LogP contribution in [0, 0.1) is 0 Å². The van der Waals surface area contributed by atoms with Crippen molar-refractivity contribution in [3.05, 3.63) is 188 Å². The van der Waals surface area contributed by atoms with E-state index in [4.69, 9.17) is 14.4 Å². The van der Waals surface area contributed by atoms with Crippen LogP contribution in [0.1, 0.15) is 0 Å². The maximum atomic E-state index is 6.81. The molecule has 0 radical (unpaired) electrons. The highest BCUT2D eigenvalue weighted by Gasteiger charge is 2.20. The summed E-state index contributed by atoms with van der Waals surface area (Å²) in [6, 6.07) is 64.9. The third-order valence-electron chi connectivity index (χ3n) is 9.09. The average Bonchev–Trinajstić information content (AvgIpc) is 3.58. The van der Waals surface area contributed by atoms with Gasteiger partial charge in [0.05, 0.1) is 17.1 Å². The molecule has 7 aromatic carbocycles. The molecule has 0 aliphatic heterocycles. The van der Waals surface area contributed by atoms with Gasteiger partial charge in [-0.2, -0.15) is 0 Å². The Hall–Kier alpha value is -6.78. The third kappa shape index (κ3) is 5.49. The molecule has 0 spiro atoms. The van der Waals surface area contributed by atoms with Gasteiger partial charge in [-0.05, 0) is 59.7 Å². The van der Waals surface area contributed by atoms with Crippen molar-refractivity contribution in [2.24, 2.45) is 0 Å². The van der Waals surface area contributed by atoms with Gasteiger partial charge < -0.3 is 9.32 Å². The number of para-hydroxylation sites is 2. The Morgan fingerprint density at radius 1 is 0.380 bits per heavy atom. The van der Waals surface area contributed by atoms with Gasteiger partial charge in [-0.25, -0.2) is 9.97 Å². The summed E-state index contributed by atoms with van der Waals surface area (Å²) in [6.45, 7) is 0. The minimum atomic E-state index is 0.686. The van der Waals surface area contributed by atoms with E-state index in [9.17, 15) is 0 Å². The van der Waals surface area contributed by atoms with Crippen LogP contribution < -0.4 is 4.90 Å². The van der Waals surface area contributed by atoms with Crippen molar-refractivity contribution in [3.8, 4) is 45.0 Å². The van der Waals surface area contributed by atoms with Crippen molar-refractivity contribution in [2.45, 2.75) is 0 Å². The van der Waals surface area contributed by atoms with Crippen LogP contribution in [-0.2, 0) is 0 Å². The molecule has 4 nitrogen and oxygen atoms in total. The second-order valence-corrected chi connectivity index (χ2v) is 12.2. The van der Waals surface area contributed by atoms with E-state index < -0.39 is 0 Å². The molecular formula is C46H31N3O. The summed E-state index contributed by atoms with van der Waals surface area (Å²) in [7, 11) is 0. The molecule has 0 aliphatic carbocycles. The number of aromatic nitrogens is 2. The highest BCUT2D eigenvalue weighted by Crippen LogP contribution is 2.43. The summed E-state index contributed by atoms with van der Waals surface area (Å²) in [6.07, 6.45) is 0. The monoisotopic (exact) mass is 641 g/mol. The van der Waals surface area contributed by atoms with E-state index in [2.05, 4.69) is 132 Å². The molecular weight excluding hydrogens is 611 g/mol. The number of hydrogen-bond acceptors (Lipinski definition) is 4. The van der Waals surface area contributed by atoms with E-state index >= 15 is 0 Å². The molecule has 9 aromatic rings. The fourth-order valence-electron chi connectivity index (χ4n) is 6.62. The molecule has 0 aliphatic rings. The second-order valence-electron chi connectivity index (χ2n) is 12.2. The van der Waals surface area contributed by atoms with Gasteiger partial charge in [-0.15, -0.1) is 0 Å². The maximum Gasteiger partial charge on any atom is 0.160 e. The molecule has 0 bridgehead atoms. The van der Waals surface area contributed by atoms with E-state index in [1.165, 1.54) is 11.1 Å². The fourth-order valence-corrected chi connectivity index (χ4v) is 6.62. The maximum absolute atomic E-state index is 6.81. The van der Waals surface area contributed by atoms with Crippen LogP contribution in [0.5, 0.6) is 0 Å². The van der Waals surface area contributed by atoms with Crippen LogP contribution >= 0.6 is 0 Å². The van der Waals surface area contributed by atoms with Crippen LogP contribution in [-0.4, -0.2) is 9.97 Å². The molecule has 9 rings (SSSR count). The predicted molar refractivity (Wildman–Crippen MR) is 206 cm³/mol. The van der Waals surface area contributed by atoms with Gasteiger partial charge in [0.25, 0.3) is 0 Å². The molecule has 0 atom stereocenters. The number of anilines is 3. The summed E-state index contributed by atoms with van der Waals surface area (Å²) in [5.74, 6) is 0.686. The molecule has 0 saturated carbocycles. The molecule has 2 heterocycles. The van der Waals surface area contributed by atoms with Crippen LogP contribution in [0.3, 0.4) is 0 Å². The first-order valence-electron chi connectivity index (χ1n) is 16.7. The Balaban J connectivity index is 1.17. The van der Waals surface area contributed by atoms with Crippen molar-refractivity contribution in [1.29, 1.82) is 0 Å². The molecule has 0 N–H and O–H groups in total. The molecule has 236 valence electrons. The van der Waals surface area contributed by atoms with Gasteiger partial charge in [-0.3, -0.25) is 0 Å². The standard InChI is InChI=1S/C46H31N3O/c1-5-14-32(15-6-1)33-24-27-38(28-25-33)49(37-20-11-4-12-21-37)43-23-13-22-40-39-29-26-36(30-44(39)50-45(40)43)42-31-41(34-16-7-2-8-17-34)47-46(48-42)35-18-9-3-10-19-35/h1-31H. The Morgan fingerprint density at radius 3 is 1.60 bits per heavy atom. The van der Waals surface area contributed by atoms with Crippen LogP contribution in [0.4, 0.5) is 17.1 Å². The van der Waals surface area contributed by atoms with Gasteiger partial charge in [0.2, 0.25) is 0 Å². The van der Waals surface area contributed by atoms with Crippen molar-refractivity contribution in [2.75, 3.05) is 4.90 Å². The lowest BCUT2D eigenvalue weighted by Gasteiger charge is -2.25. The SMILES string of the molecule is c1ccc(-c2ccc(N(c3ccccc3)c3cccc4c3oc3cc(-c5cc(-c6ccccc6)nc(-c6ccccc6)n5)ccc34)cc2)cc1. The molecule has 2 aromatic heterocycles. The first-order chi connectivity index (χ1) is 24.8. The fraction of sp³-hybridized carbons (Fsp3) is 0. The Labute approximate surface area is 290 Å². The van der Waals surface area contributed by atoms with Gasteiger partial charge in [0.1, 0.15) is 5.58 Å². The topological polar surface area (TPSA) is 42.2 Å². The number of fused-ring (bicyclic) bond motifs is 3. The second kappa shape index (κ2) is 12.7. The van der Waals surface area contributed by atoms with E-state index in [1.807, 2.05) is 60.7 Å². The van der Waals surface area contributed by atoms with E-state index in [-0.39, 0.29) is 0 Å². The number of nitrogens with zero attached hydrogens (tertiary/aromatic N) is 3. The first kappa shape index (κ1) is 29.4. The van der Waals surface area contributed by atoms with Gasteiger partial charge >= 0.3 is 0 Å².